The van der Waals surface area contributed by atoms with E-state index < -0.39 is 0 Å². The molecule has 69 heavy (non-hydrogen) atoms. The number of para-hydroxylation sites is 1. The van der Waals surface area contributed by atoms with Crippen LogP contribution in [0.4, 0.5) is 28.3 Å². The molecule has 7 rings (SSSR count). The van der Waals surface area contributed by atoms with E-state index >= 15 is 0 Å². The highest BCUT2D eigenvalue weighted by Crippen LogP contribution is 2.35. The first-order valence-electron chi connectivity index (χ1n) is 23.5. The summed E-state index contributed by atoms with van der Waals surface area (Å²) in [5, 5.41) is 13.1. The van der Waals surface area contributed by atoms with E-state index in [1.807, 2.05) is 38.2 Å². The second-order valence-electron chi connectivity index (χ2n) is 17.1. The molecule has 370 valence electrons. The molecule has 0 spiro atoms. The van der Waals surface area contributed by atoms with Gasteiger partial charge in [0, 0.05) is 69.3 Å². The van der Waals surface area contributed by atoms with Crippen LogP contribution in [-0.4, -0.2) is 164 Å². The molecule has 0 atom stereocenters. The topological polar surface area (TPSA) is 220 Å². The number of rotatable bonds is 25. The lowest BCUT2D eigenvalue weighted by Crippen LogP contribution is -2.49. The van der Waals surface area contributed by atoms with Gasteiger partial charge in [-0.15, -0.1) is 11.3 Å². The Balaban J connectivity index is 0.682. The molecule has 1 saturated carbocycles. The van der Waals surface area contributed by atoms with Gasteiger partial charge in [0.1, 0.15) is 17.2 Å². The molecule has 4 aromatic heterocycles. The fourth-order valence-corrected chi connectivity index (χ4v) is 8.87. The van der Waals surface area contributed by atoms with Gasteiger partial charge in [0.25, 0.3) is 11.8 Å². The molecule has 1 aromatic carbocycles. The third-order valence-corrected chi connectivity index (χ3v) is 12.8. The van der Waals surface area contributed by atoms with Crippen molar-refractivity contribution in [2.24, 2.45) is 0 Å². The quantitative estimate of drug-likeness (QED) is 0.0563. The number of nitrogens with one attached hydrogen (secondary N) is 4. The molecule has 5 aromatic rings. The largest absolute Gasteiger partial charge is 0.379 e. The third kappa shape index (κ3) is 14.7. The number of hydrogen-bond donors (Lipinski definition) is 4. The second kappa shape index (κ2) is 25.5. The van der Waals surface area contributed by atoms with Crippen LogP contribution in [0.1, 0.15) is 69.6 Å². The number of fused-ring (bicyclic) bond motifs is 1. The summed E-state index contributed by atoms with van der Waals surface area (Å²) in [4.78, 5) is 76.5. The maximum atomic E-state index is 13.1. The van der Waals surface area contributed by atoms with Crippen LogP contribution >= 0.6 is 11.3 Å². The van der Waals surface area contributed by atoms with Crippen molar-refractivity contribution < 1.29 is 38.1 Å². The number of aromatic nitrogens is 5. The number of nitrogens with zero attached hydrogens (tertiary/aromatic N) is 8. The van der Waals surface area contributed by atoms with Gasteiger partial charge in [0.2, 0.25) is 17.8 Å². The molecule has 4 amide bonds. The number of piperazine rings is 1. The highest BCUT2D eigenvalue weighted by atomic mass is 32.1. The maximum Gasteiger partial charge on any atom is 0.270 e. The number of ether oxygens (including phenoxy) is 4. The number of thiazole rings is 1. The van der Waals surface area contributed by atoms with Gasteiger partial charge in [-0.1, -0.05) is 25.0 Å². The summed E-state index contributed by atoms with van der Waals surface area (Å²) in [6.45, 7) is 10.5. The number of hydrogen-bond acceptors (Lipinski definition) is 16. The van der Waals surface area contributed by atoms with E-state index in [9.17, 15) is 19.2 Å². The monoisotopic (exact) mass is 968 g/mol. The van der Waals surface area contributed by atoms with Gasteiger partial charge in [-0.05, 0) is 57.0 Å². The van der Waals surface area contributed by atoms with E-state index in [1.54, 1.807) is 49.5 Å². The van der Waals surface area contributed by atoms with Gasteiger partial charge in [-0.3, -0.25) is 29.4 Å². The van der Waals surface area contributed by atoms with Crippen LogP contribution in [0.5, 0.6) is 0 Å². The molecule has 0 radical (unpaired) electrons. The fourth-order valence-electron chi connectivity index (χ4n) is 8.06. The second-order valence-corrected chi connectivity index (χ2v) is 18.3. The molecule has 21 heteroatoms. The lowest BCUT2D eigenvalue weighted by Gasteiger charge is -2.35. The number of aryl methyl sites for hydroxylation is 2. The van der Waals surface area contributed by atoms with Crippen LogP contribution in [-0.2, 0) is 28.5 Å². The van der Waals surface area contributed by atoms with Gasteiger partial charge in [-0.25, -0.2) is 15.0 Å². The number of carbonyl (C=O) groups is 4. The first kappa shape index (κ1) is 50.8. The lowest BCUT2D eigenvalue weighted by molar-refractivity contribution is -0.122. The highest BCUT2D eigenvalue weighted by Gasteiger charge is 2.27. The standard InChI is InChI=1S/C48H64N12O8S/c1-33-34(2)69-48(52-33)56-45(63)38-11-7-8-12-39(38)53-42(61)15-21-65-23-25-67-27-28-68-26-24-66-22-16-49-43(62)32-58-17-19-59(20-18-58)37-13-14-41(50-31-37)54-47-51-30-35-29-40(46(64)57(3)4)60(44(35)55-47)36-9-5-6-10-36/h7-8,11-14,29-31,36H,5-6,9-10,15-28,32H2,1-4H3,(H,49,62)(H,53,61)(H,52,56,63)(H,50,51,54,55). The molecule has 0 unspecified atom stereocenters. The number of anilines is 5. The average molecular weight is 969 g/mol. The predicted octanol–water partition coefficient (Wildman–Crippen LogP) is 5.05. The van der Waals surface area contributed by atoms with Crippen molar-refractivity contribution in [2.45, 2.75) is 52.0 Å². The smallest absolute Gasteiger partial charge is 0.270 e. The minimum Gasteiger partial charge on any atom is -0.379 e. The minimum atomic E-state index is -0.346. The van der Waals surface area contributed by atoms with Crippen LogP contribution in [0.2, 0.25) is 0 Å². The van der Waals surface area contributed by atoms with Gasteiger partial charge in [0.05, 0.1) is 94.6 Å². The summed E-state index contributed by atoms with van der Waals surface area (Å²) >= 11 is 1.40. The van der Waals surface area contributed by atoms with Crippen LogP contribution in [0.25, 0.3) is 11.0 Å². The first-order valence-corrected chi connectivity index (χ1v) is 24.4. The zero-order chi connectivity index (χ0) is 48.5. The van der Waals surface area contributed by atoms with Gasteiger partial charge < -0.3 is 49.3 Å². The highest BCUT2D eigenvalue weighted by molar-refractivity contribution is 7.15. The molecule has 1 saturated heterocycles. The SMILES string of the molecule is Cc1nc(NC(=O)c2ccccc2NC(=O)CCOCCOCCOCCOCCNC(=O)CN2CCN(c3ccc(Nc4ncc5cc(C(=O)N(C)C)n(C6CCCC6)c5n4)nc3)CC2)sc1C. The van der Waals surface area contributed by atoms with Crippen molar-refractivity contribution in [1.82, 2.24) is 39.6 Å². The Morgan fingerprint density at radius 2 is 1.48 bits per heavy atom. The van der Waals surface area contributed by atoms with E-state index in [0.717, 1.165) is 79.2 Å². The molecular weight excluding hydrogens is 905 g/mol. The van der Waals surface area contributed by atoms with E-state index in [2.05, 4.69) is 50.6 Å². The van der Waals surface area contributed by atoms with Gasteiger partial charge in [0.15, 0.2) is 5.13 Å². The van der Waals surface area contributed by atoms with Crippen LogP contribution in [0.15, 0.2) is 54.9 Å². The molecule has 2 fully saturated rings. The van der Waals surface area contributed by atoms with E-state index in [0.29, 0.717) is 93.2 Å². The molecule has 1 aliphatic heterocycles. The Kier molecular flexibility index (Phi) is 18.8. The van der Waals surface area contributed by atoms with Crippen molar-refractivity contribution in [1.29, 1.82) is 0 Å². The van der Waals surface area contributed by atoms with Crippen LogP contribution in [0.3, 0.4) is 0 Å². The maximum absolute atomic E-state index is 13.1. The van der Waals surface area contributed by atoms with Crippen molar-refractivity contribution in [3.05, 3.63) is 76.7 Å². The van der Waals surface area contributed by atoms with Gasteiger partial charge in [-0.2, -0.15) is 4.98 Å². The predicted molar refractivity (Wildman–Crippen MR) is 265 cm³/mol. The Morgan fingerprint density at radius 3 is 2.14 bits per heavy atom. The van der Waals surface area contributed by atoms with Crippen molar-refractivity contribution in [3.63, 3.8) is 0 Å². The summed E-state index contributed by atoms with van der Waals surface area (Å²) < 4.78 is 24.3. The lowest BCUT2D eigenvalue weighted by atomic mass is 10.1. The van der Waals surface area contributed by atoms with Crippen molar-refractivity contribution in [3.8, 4) is 0 Å². The minimum absolute atomic E-state index is 0.0401. The van der Waals surface area contributed by atoms with E-state index in [4.69, 9.17) is 23.9 Å². The van der Waals surface area contributed by atoms with Crippen molar-refractivity contribution >= 4 is 74.3 Å². The molecule has 20 nitrogen and oxygen atoms in total. The average Bonchev–Trinajstić information content (AvgIpc) is 4.09. The number of benzene rings is 1. The molecule has 2 aliphatic rings. The molecule has 1 aliphatic carbocycles. The molecular formula is C48H64N12O8S. The number of carbonyl (C=O) groups excluding carboxylic acids is 4. The molecule has 5 heterocycles. The number of amides is 4. The van der Waals surface area contributed by atoms with E-state index in [1.165, 1.54) is 11.3 Å². The summed E-state index contributed by atoms with van der Waals surface area (Å²) in [6.07, 6.45) is 8.05. The normalized spacial score (nSPS) is 14.3. The van der Waals surface area contributed by atoms with Gasteiger partial charge >= 0.3 is 0 Å². The summed E-state index contributed by atoms with van der Waals surface area (Å²) in [5.74, 6) is 0.355. The molecule has 0 bridgehead atoms. The summed E-state index contributed by atoms with van der Waals surface area (Å²) in [6, 6.07) is 12.9. The van der Waals surface area contributed by atoms with Crippen molar-refractivity contribution in [2.75, 3.05) is 127 Å². The fraction of sp³-hybridized carbons (Fsp3) is 0.500. The summed E-state index contributed by atoms with van der Waals surface area (Å²) in [7, 11) is 3.54. The Hall–Kier alpha value is -6.10. The third-order valence-electron chi connectivity index (χ3n) is 11.8. The van der Waals surface area contributed by atoms with Crippen LogP contribution < -0.4 is 26.2 Å². The Bertz CT molecular complexity index is 2470. The number of pyridine rings is 1. The Morgan fingerprint density at radius 1 is 0.783 bits per heavy atom. The summed E-state index contributed by atoms with van der Waals surface area (Å²) in [5.41, 5.74) is 4.02. The zero-order valence-corrected chi connectivity index (χ0v) is 40.8. The molecule has 4 N–H and O–H groups in total. The Labute approximate surface area is 406 Å². The first-order chi connectivity index (χ1) is 33.5. The van der Waals surface area contributed by atoms with E-state index in [-0.39, 0.29) is 42.7 Å². The zero-order valence-electron chi connectivity index (χ0n) is 40.0. The van der Waals surface area contributed by atoms with Crippen LogP contribution in [0, 0.1) is 13.8 Å².